The Morgan fingerprint density at radius 1 is 0.893 bits per heavy atom. The number of fused-ring (bicyclic) bond motifs is 4. The number of rotatable bonds is 3. The maximum absolute atomic E-state index is 4.61. The molecule has 28 heavy (non-hydrogen) atoms. The first-order valence-electron chi connectivity index (χ1n) is 8.37. The maximum atomic E-state index is 4.61. The molecular formula is C18H10N8S2. The number of aromatic nitrogens is 8. The van der Waals surface area contributed by atoms with Gasteiger partial charge in [-0.05, 0) is 35.3 Å². The van der Waals surface area contributed by atoms with Crippen molar-refractivity contribution in [3.05, 3.63) is 60.6 Å². The van der Waals surface area contributed by atoms with Crippen molar-refractivity contribution in [1.29, 1.82) is 0 Å². The largest absolute Gasteiger partial charge is 0.259 e. The third-order valence-corrected chi connectivity index (χ3v) is 6.16. The fourth-order valence-corrected chi connectivity index (χ4v) is 4.72. The Labute approximate surface area is 165 Å². The van der Waals surface area contributed by atoms with Crippen LogP contribution in [-0.2, 0) is 0 Å². The van der Waals surface area contributed by atoms with Crippen LogP contribution in [-0.4, -0.2) is 39.3 Å². The third kappa shape index (κ3) is 2.31. The fourth-order valence-electron chi connectivity index (χ4n) is 3.06. The predicted octanol–water partition coefficient (Wildman–Crippen LogP) is 3.62. The highest BCUT2D eigenvalue weighted by atomic mass is 32.2. The summed E-state index contributed by atoms with van der Waals surface area (Å²) in [5.41, 5.74) is 2.40. The molecule has 8 nitrogen and oxygen atoms in total. The van der Waals surface area contributed by atoms with Crippen molar-refractivity contribution in [2.75, 3.05) is 0 Å². The molecule has 0 spiro atoms. The van der Waals surface area contributed by atoms with E-state index in [9.17, 15) is 0 Å². The first kappa shape index (κ1) is 15.7. The second-order valence-electron chi connectivity index (χ2n) is 5.97. The molecule has 0 amide bonds. The number of nitrogens with zero attached hydrogens (tertiary/aromatic N) is 8. The summed E-state index contributed by atoms with van der Waals surface area (Å²) in [4.78, 5) is 14.3. The molecule has 0 saturated heterocycles. The average molecular weight is 402 g/mol. The van der Waals surface area contributed by atoms with E-state index >= 15 is 0 Å². The standard InChI is InChI=1S/C18H10N8S2/c1-2-4-11(5-3-1)26-14-13(8-22-26)15-23-24-18(25(15)10-21-14)28-17-12-6-7-27-16(12)19-9-20-17/h1-10H. The van der Waals surface area contributed by atoms with Crippen LogP contribution in [0.25, 0.3) is 32.6 Å². The van der Waals surface area contributed by atoms with Gasteiger partial charge in [0.1, 0.15) is 22.5 Å². The molecule has 0 fully saturated rings. The van der Waals surface area contributed by atoms with E-state index in [-0.39, 0.29) is 0 Å². The fraction of sp³-hybridized carbons (Fsp3) is 0. The minimum absolute atomic E-state index is 0.697. The van der Waals surface area contributed by atoms with Crippen molar-refractivity contribution in [3.8, 4) is 5.69 Å². The molecule has 0 unspecified atom stereocenters. The van der Waals surface area contributed by atoms with Gasteiger partial charge in [0.2, 0.25) is 5.16 Å². The maximum Gasteiger partial charge on any atom is 0.203 e. The van der Waals surface area contributed by atoms with Gasteiger partial charge in [-0.2, -0.15) is 5.10 Å². The predicted molar refractivity (Wildman–Crippen MR) is 107 cm³/mol. The van der Waals surface area contributed by atoms with Gasteiger partial charge in [-0.1, -0.05) is 18.2 Å². The molecule has 0 aliphatic rings. The van der Waals surface area contributed by atoms with E-state index in [4.69, 9.17) is 0 Å². The zero-order chi connectivity index (χ0) is 18.5. The number of benzene rings is 1. The molecule has 5 heterocycles. The second-order valence-corrected chi connectivity index (χ2v) is 7.82. The zero-order valence-corrected chi connectivity index (χ0v) is 15.8. The summed E-state index contributed by atoms with van der Waals surface area (Å²) in [6.45, 7) is 0. The summed E-state index contributed by atoms with van der Waals surface area (Å²) in [6.07, 6.45) is 5.08. The summed E-state index contributed by atoms with van der Waals surface area (Å²) in [7, 11) is 0. The molecule has 5 aromatic heterocycles. The van der Waals surface area contributed by atoms with Gasteiger partial charge in [0.15, 0.2) is 11.3 Å². The second kappa shape index (κ2) is 6.08. The van der Waals surface area contributed by atoms with Crippen LogP contribution in [0.4, 0.5) is 0 Å². The molecule has 0 aliphatic heterocycles. The van der Waals surface area contributed by atoms with Gasteiger partial charge >= 0.3 is 0 Å². The number of hydrogen-bond donors (Lipinski definition) is 0. The Morgan fingerprint density at radius 3 is 2.75 bits per heavy atom. The van der Waals surface area contributed by atoms with Gasteiger partial charge < -0.3 is 0 Å². The summed E-state index contributed by atoms with van der Waals surface area (Å²) >= 11 is 3.04. The Hall–Kier alpha value is -3.37. The summed E-state index contributed by atoms with van der Waals surface area (Å²) < 4.78 is 3.67. The van der Waals surface area contributed by atoms with Crippen LogP contribution in [0.1, 0.15) is 0 Å². The van der Waals surface area contributed by atoms with Crippen LogP contribution >= 0.6 is 23.1 Å². The highest BCUT2D eigenvalue weighted by molar-refractivity contribution is 7.99. The molecule has 1 aromatic carbocycles. The normalized spacial score (nSPS) is 11.7. The van der Waals surface area contributed by atoms with Crippen LogP contribution in [0.5, 0.6) is 0 Å². The molecule has 6 rings (SSSR count). The van der Waals surface area contributed by atoms with Crippen molar-refractivity contribution < 1.29 is 0 Å². The van der Waals surface area contributed by atoms with E-state index < -0.39 is 0 Å². The molecule has 0 radical (unpaired) electrons. The molecule has 6 aromatic rings. The first-order valence-corrected chi connectivity index (χ1v) is 10.1. The molecule has 134 valence electrons. The lowest BCUT2D eigenvalue weighted by molar-refractivity contribution is 0.878. The summed E-state index contributed by atoms with van der Waals surface area (Å²) in [5, 5.41) is 18.6. The van der Waals surface area contributed by atoms with E-state index in [1.54, 1.807) is 34.9 Å². The van der Waals surface area contributed by atoms with E-state index in [0.717, 1.165) is 32.0 Å². The van der Waals surface area contributed by atoms with Gasteiger partial charge in [0, 0.05) is 5.39 Å². The lowest BCUT2D eigenvalue weighted by Gasteiger charge is -2.03. The Bertz CT molecular complexity index is 1450. The van der Waals surface area contributed by atoms with Crippen LogP contribution < -0.4 is 0 Å². The molecule has 0 saturated carbocycles. The lowest BCUT2D eigenvalue weighted by atomic mass is 10.3. The smallest absolute Gasteiger partial charge is 0.203 e. The van der Waals surface area contributed by atoms with E-state index in [0.29, 0.717) is 10.8 Å². The quantitative estimate of drug-likeness (QED) is 0.418. The molecule has 0 aliphatic carbocycles. The minimum atomic E-state index is 0.697. The van der Waals surface area contributed by atoms with Crippen LogP contribution in [0.15, 0.2) is 70.8 Å². The monoisotopic (exact) mass is 402 g/mol. The minimum Gasteiger partial charge on any atom is -0.259 e. The highest BCUT2D eigenvalue weighted by Gasteiger charge is 2.16. The van der Waals surface area contributed by atoms with Gasteiger partial charge in [-0.3, -0.25) is 4.40 Å². The average Bonchev–Trinajstić information content (AvgIpc) is 3.46. The van der Waals surface area contributed by atoms with Gasteiger partial charge in [-0.15, -0.1) is 21.5 Å². The van der Waals surface area contributed by atoms with E-state index in [1.807, 2.05) is 46.2 Å². The van der Waals surface area contributed by atoms with Crippen molar-refractivity contribution in [1.82, 2.24) is 39.3 Å². The summed E-state index contributed by atoms with van der Waals surface area (Å²) in [5.74, 6) is 0. The Morgan fingerprint density at radius 2 is 1.82 bits per heavy atom. The van der Waals surface area contributed by atoms with Crippen molar-refractivity contribution in [2.24, 2.45) is 0 Å². The third-order valence-electron chi connectivity index (χ3n) is 4.36. The summed E-state index contributed by atoms with van der Waals surface area (Å²) in [6, 6.07) is 11.9. The highest BCUT2D eigenvalue weighted by Crippen LogP contribution is 2.32. The van der Waals surface area contributed by atoms with Crippen LogP contribution in [0, 0.1) is 0 Å². The molecule has 10 heteroatoms. The molecule has 0 atom stereocenters. The number of hydrogen-bond acceptors (Lipinski definition) is 8. The van der Waals surface area contributed by atoms with Crippen LogP contribution in [0.3, 0.4) is 0 Å². The topological polar surface area (TPSA) is 86.7 Å². The van der Waals surface area contributed by atoms with Crippen molar-refractivity contribution in [3.63, 3.8) is 0 Å². The Kier molecular flexibility index (Phi) is 3.40. The first-order chi connectivity index (χ1) is 13.9. The van der Waals surface area contributed by atoms with Crippen LogP contribution in [0.2, 0.25) is 0 Å². The zero-order valence-electron chi connectivity index (χ0n) is 14.2. The van der Waals surface area contributed by atoms with E-state index in [2.05, 4.69) is 30.2 Å². The van der Waals surface area contributed by atoms with E-state index in [1.165, 1.54) is 11.8 Å². The van der Waals surface area contributed by atoms with Gasteiger partial charge in [0.25, 0.3) is 0 Å². The van der Waals surface area contributed by atoms with Gasteiger partial charge in [-0.25, -0.2) is 19.6 Å². The Balaban J connectivity index is 1.48. The molecule has 0 bridgehead atoms. The molecular weight excluding hydrogens is 392 g/mol. The lowest BCUT2D eigenvalue weighted by Crippen LogP contribution is -1.98. The molecule has 0 N–H and O–H groups in total. The van der Waals surface area contributed by atoms with Crippen molar-refractivity contribution in [2.45, 2.75) is 10.2 Å². The van der Waals surface area contributed by atoms with Gasteiger partial charge in [0.05, 0.1) is 17.3 Å². The number of para-hydroxylation sites is 1. The number of thiophene rings is 1. The SMILES string of the molecule is c1ccc(-n2ncc3c2ncn2c(Sc4ncnc5sccc45)nnc32)cc1. The van der Waals surface area contributed by atoms with Crippen molar-refractivity contribution >= 4 is 50.0 Å².